The molecule has 0 saturated heterocycles. The lowest BCUT2D eigenvalue weighted by Gasteiger charge is -2.28. The Hall–Kier alpha value is -3.94. The van der Waals surface area contributed by atoms with E-state index in [9.17, 15) is 9.90 Å². The van der Waals surface area contributed by atoms with Crippen molar-refractivity contribution >= 4 is 5.97 Å². The quantitative estimate of drug-likeness (QED) is 0.245. The predicted octanol–water partition coefficient (Wildman–Crippen LogP) is 7.03. The van der Waals surface area contributed by atoms with Crippen LogP contribution in [0.5, 0.6) is 5.75 Å². The van der Waals surface area contributed by atoms with Crippen molar-refractivity contribution in [3.8, 4) is 22.6 Å². The van der Waals surface area contributed by atoms with Gasteiger partial charge in [0.1, 0.15) is 11.3 Å². The Labute approximate surface area is 235 Å². The minimum absolute atomic E-state index is 0.0209. The maximum absolute atomic E-state index is 12.2. The SMILES string of the molecule is CC(Oc1cccc(-c2cccc(-n3ncc(C(=O)O)c3[C@H]3C[C@@H]3c3cn(C(C)C)nn3)c2)c1)C1CCCCC1. The topological polar surface area (TPSA) is 95.1 Å². The van der Waals surface area contributed by atoms with Gasteiger partial charge in [0.05, 0.1) is 29.4 Å². The van der Waals surface area contributed by atoms with Gasteiger partial charge in [-0.25, -0.2) is 14.2 Å². The first-order chi connectivity index (χ1) is 19.4. The Kier molecular flexibility index (Phi) is 7.17. The molecule has 2 aromatic carbocycles. The highest BCUT2D eigenvalue weighted by atomic mass is 16.5. The number of aromatic nitrogens is 5. The lowest BCUT2D eigenvalue weighted by molar-refractivity contribution is 0.0695. The van der Waals surface area contributed by atoms with Crippen molar-refractivity contribution in [3.63, 3.8) is 0 Å². The van der Waals surface area contributed by atoms with Crippen LogP contribution in [0.3, 0.4) is 0 Å². The molecule has 6 rings (SSSR count). The molecular weight excluding hydrogens is 502 g/mol. The maximum Gasteiger partial charge on any atom is 0.339 e. The fraction of sp³-hybridized carbons (Fsp3) is 0.438. The van der Waals surface area contributed by atoms with Crippen molar-refractivity contribution in [1.29, 1.82) is 0 Å². The third-order valence-corrected chi connectivity index (χ3v) is 8.51. The molecule has 0 spiro atoms. The van der Waals surface area contributed by atoms with E-state index < -0.39 is 5.97 Å². The number of ether oxygens (including phenoxy) is 1. The van der Waals surface area contributed by atoms with E-state index in [0.29, 0.717) is 11.6 Å². The van der Waals surface area contributed by atoms with Crippen LogP contribution in [0.2, 0.25) is 0 Å². The van der Waals surface area contributed by atoms with Crippen LogP contribution >= 0.6 is 0 Å². The molecule has 0 bridgehead atoms. The first-order valence-corrected chi connectivity index (χ1v) is 14.5. The summed E-state index contributed by atoms with van der Waals surface area (Å²) < 4.78 is 10.0. The summed E-state index contributed by atoms with van der Waals surface area (Å²) >= 11 is 0. The van der Waals surface area contributed by atoms with Gasteiger partial charge in [0.25, 0.3) is 0 Å². The molecule has 2 saturated carbocycles. The molecule has 0 aliphatic heterocycles. The van der Waals surface area contributed by atoms with E-state index in [1.807, 2.05) is 35.1 Å². The van der Waals surface area contributed by atoms with E-state index in [0.717, 1.165) is 34.7 Å². The van der Waals surface area contributed by atoms with E-state index in [1.54, 1.807) is 4.68 Å². The number of hydrogen-bond donors (Lipinski definition) is 1. The number of carbonyl (C=O) groups is 1. The van der Waals surface area contributed by atoms with Gasteiger partial charge in [0.15, 0.2) is 0 Å². The van der Waals surface area contributed by atoms with Gasteiger partial charge in [0.2, 0.25) is 0 Å². The molecule has 3 atom stereocenters. The third-order valence-electron chi connectivity index (χ3n) is 8.51. The number of nitrogens with zero attached hydrogens (tertiary/aromatic N) is 5. The normalized spacial score (nSPS) is 20.0. The zero-order valence-electron chi connectivity index (χ0n) is 23.4. The molecule has 2 aromatic heterocycles. The van der Waals surface area contributed by atoms with Crippen LogP contribution in [0.4, 0.5) is 0 Å². The molecule has 0 amide bonds. The zero-order chi connectivity index (χ0) is 27.8. The van der Waals surface area contributed by atoms with Gasteiger partial charge in [-0.2, -0.15) is 5.10 Å². The van der Waals surface area contributed by atoms with Gasteiger partial charge in [0, 0.05) is 24.1 Å². The molecule has 1 N–H and O–H groups in total. The number of aromatic carboxylic acids is 1. The summed E-state index contributed by atoms with van der Waals surface area (Å²) in [5.74, 6) is 0.676. The summed E-state index contributed by atoms with van der Waals surface area (Å²) in [4.78, 5) is 12.2. The van der Waals surface area contributed by atoms with E-state index >= 15 is 0 Å². The smallest absolute Gasteiger partial charge is 0.339 e. The lowest BCUT2D eigenvalue weighted by atomic mass is 9.86. The van der Waals surface area contributed by atoms with Crippen LogP contribution in [0.1, 0.15) is 98.9 Å². The highest BCUT2D eigenvalue weighted by molar-refractivity contribution is 5.89. The highest BCUT2D eigenvalue weighted by Gasteiger charge is 2.46. The van der Waals surface area contributed by atoms with Crippen LogP contribution in [0, 0.1) is 5.92 Å². The van der Waals surface area contributed by atoms with Crippen LogP contribution in [-0.4, -0.2) is 42.0 Å². The Morgan fingerprint density at radius 3 is 2.48 bits per heavy atom. The van der Waals surface area contributed by atoms with E-state index in [1.165, 1.54) is 38.3 Å². The van der Waals surface area contributed by atoms with Crippen LogP contribution in [0.15, 0.2) is 60.9 Å². The van der Waals surface area contributed by atoms with Gasteiger partial charge in [-0.3, -0.25) is 0 Å². The van der Waals surface area contributed by atoms with Crippen molar-refractivity contribution in [2.75, 3.05) is 0 Å². The molecule has 8 nitrogen and oxygen atoms in total. The molecule has 1 unspecified atom stereocenters. The first kappa shape index (κ1) is 26.3. The maximum atomic E-state index is 12.2. The van der Waals surface area contributed by atoms with Gasteiger partial charge in [-0.15, -0.1) is 5.10 Å². The summed E-state index contributed by atoms with van der Waals surface area (Å²) in [6.45, 7) is 6.32. The lowest BCUT2D eigenvalue weighted by Crippen LogP contribution is -2.25. The van der Waals surface area contributed by atoms with E-state index in [4.69, 9.17) is 4.74 Å². The van der Waals surface area contributed by atoms with Gasteiger partial charge < -0.3 is 9.84 Å². The van der Waals surface area contributed by atoms with Crippen molar-refractivity contribution < 1.29 is 14.6 Å². The number of hydrogen-bond acceptors (Lipinski definition) is 5. The van der Waals surface area contributed by atoms with E-state index in [-0.39, 0.29) is 29.5 Å². The number of carboxylic acids is 1. The molecule has 2 aliphatic rings. The number of carboxylic acid groups (broad SMARTS) is 1. The van der Waals surface area contributed by atoms with Crippen molar-refractivity contribution in [3.05, 3.63) is 77.9 Å². The second-order valence-corrected chi connectivity index (χ2v) is 11.6. The van der Waals surface area contributed by atoms with Gasteiger partial charge >= 0.3 is 5.97 Å². The molecule has 2 heterocycles. The minimum Gasteiger partial charge on any atom is -0.490 e. The fourth-order valence-corrected chi connectivity index (χ4v) is 6.10. The van der Waals surface area contributed by atoms with Crippen LogP contribution in [0.25, 0.3) is 16.8 Å². The van der Waals surface area contributed by atoms with E-state index in [2.05, 4.69) is 60.4 Å². The molecule has 40 heavy (non-hydrogen) atoms. The molecule has 2 fully saturated rings. The standard InChI is InChI=1S/C32H37N5O3/c1-20(2)36-19-30(34-35-36)27-17-28(27)31-29(32(38)39)18-33-37(31)25-13-7-11-23(15-25)24-12-8-14-26(16-24)40-21(3)22-9-5-4-6-10-22/h7-8,11-16,18-22,27-28H,4-6,9-10,17H2,1-3H3,(H,38,39)/t21?,27-,28-/m0/s1. The fourth-order valence-electron chi connectivity index (χ4n) is 6.10. The molecular formula is C32H37N5O3. The van der Waals surface area contributed by atoms with Gasteiger partial charge in [-0.05, 0) is 81.3 Å². The summed E-state index contributed by atoms with van der Waals surface area (Å²) in [5, 5.41) is 23.1. The van der Waals surface area contributed by atoms with Crippen LogP contribution in [-0.2, 0) is 0 Å². The van der Waals surface area contributed by atoms with Crippen LogP contribution < -0.4 is 4.74 Å². The first-order valence-electron chi connectivity index (χ1n) is 14.5. The monoisotopic (exact) mass is 539 g/mol. The number of benzene rings is 2. The molecule has 8 heteroatoms. The minimum atomic E-state index is -0.967. The third kappa shape index (κ3) is 5.27. The predicted molar refractivity (Wildman–Crippen MR) is 153 cm³/mol. The Balaban J connectivity index is 1.27. The average Bonchev–Trinajstić information content (AvgIpc) is 3.37. The second kappa shape index (κ2) is 10.9. The van der Waals surface area contributed by atoms with Crippen molar-refractivity contribution in [2.45, 2.75) is 83.3 Å². The zero-order valence-corrected chi connectivity index (χ0v) is 23.4. The van der Waals surface area contributed by atoms with Crippen molar-refractivity contribution in [1.82, 2.24) is 24.8 Å². The summed E-state index contributed by atoms with van der Waals surface area (Å²) in [6, 6.07) is 16.6. The Morgan fingerprint density at radius 1 is 1.00 bits per heavy atom. The number of rotatable bonds is 9. The second-order valence-electron chi connectivity index (χ2n) is 11.6. The molecule has 2 aliphatic carbocycles. The Bertz CT molecular complexity index is 1500. The summed E-state index contributed by atoms with van der Waals surface area (Å²) in [7, 11) is 0. The summed E-state index contributed by atoms with van der Waals surface area (Å²) in [6.07, 6.45) is 10.9. The highest BCUT2D eigenvalue weighted by Crippen LogP contribution is 2.55. The van der Waals surface area contributed by atoms with Gasteiger partial charge in [-0.1, -0.05) is 48.7 Å². The summed E-state index contributed by atoms with van der Waals surface area (Å²) in [5.41, 5.74) is 4.76. The Morgan fingerprint density at radius 2 is 1.75 bits per heavy atom. The van der Waals surface area contributed by atoms with Crippen molar-refractivity contribution in [2.24, 2.45) is 5.92 Å². The molecule has 4 aromatic rings. The molecule has 208 valence electrons. The average molecular weight is 540 g/mol. The largest absolute Gasteiger partial charge is 0.490 e. The molecule has 0 radical (unpaired) electrons.